The minimum Gasteiger partial charge on any atom is -0.369 e. The number of nitrogens with one attached hydrogen (secondary N) is 1. The number of benzene rings is 2. The zero-order valence-corrected chi connectivity index (χ0v) is 23.8. The van der Waals surface area contributed by atoms with E-state index in [1.807, 2.05) is 23.1 Å². The number of hydrogen-bond acceptors (Lipinski definition) is 5. The number of alkyl halides is 1. The number of carbonyl (C=O) groups excluding carboxylic acids is 1. The van der Waals surface area contributed by atoms with Crippen molar-refractivity contribution in [2.75, 3.05) is 60.2 Å². The first-order valence-electron chi connectivity index (χ1n) is 14.6. The summed E-state index contributed by atoms with van der Waals surface area (Å²) in [4.78, 5) is 20.0. The Morgan fingerprint density at radius 1 is 0.850 bits per heavy atom. The average molecular weight is 568 g/mol. The predicted molar refractivity (Wildman–Crippen MR) is 156 cm³/mol. The number of nitrogens with zero attached hydrogens (tertiary/aromatic N) is 4. The second-order valence-electron chi connectivity index (χ2n) is 12.6. The van der Waals surface area contributed by atoms with Gasteiger partial charge in [0.05, 0.1) is 17.6 Å². The van der Waals surface area contributed by atoms with Crippen molar-refractivity contribution in [1.82, 2.24) is 9.62 Å². The molecular weight excluding hydrogens is 529 g/mol. The Hall–Kier alpha value is -2.85. The number of halogens is 1. The van der Waals surface area contributed by atoms with Crippen LogP contribution < -0.4 is 20.0 Å². The van der Waals surface area contributed by atoms with Gasteiger partial charge in [-0.15, -0.1) is 0 Å². The third-order valence-electron chi connectivity index (χ3n) is 9.98. The molecule has 40 heavy (non-hydrogen) atoms. The maximum absolute atomic E-state index is 15.2. The van der Waals surface area contributed by atoms with Crippen LogP contribution >= 0.6 is 0 Å². The van der Waals surface area contributed by atoms with Gasteiger partial charge in [0.15, 0.2) is 0 Å². The fraction of sp³-hybridized carbons (Fsp3) is 0.567. The molecule has 8 rings (SSSR count). The van der Waals surface area contributed by atoms with Crippen molar-refractivity contribution in [3.63, 3.8) is 0 Å². The SMILES string of the molecule is CS(=O)(=O)N1CCN(c2ccc(N3CCN(C(=O)N[C@H]4C5CC6CC4C[C@@](F)(C6)C5)c4ccccc43)cc2)CC1. The first-order valence-corrected chi connectivity index (χ1v) is 16.5. The number of carbonyl (C=O) groups is 1. The second kappa shape index (κ2) is 9.62. The normalized spacial score (nSPS) is 31.8. The molecule has 2 aromatic rings. The summed E-state index contributed by atoms with van der Waals surface area (Å²) in [6.45, 7) is 3.56. The maximum atomic E-state index is 15.2. The molecule has 5 fully saturated rings. The van der Waals surface area contributed by atoms with Gasteiger partial charge in [0.25, 0.3) is 0 Å². The Balaban J connectivity index is 1.05. The van der Waals surface area contributed by atoms with Gasteiger partial charge in [-0.25, -0.2) is 17.6 Å². The summed E-state index contributed by atoms with van der Waals surface area (Å²) in [6.07, 6.45) is 5.26. The van der Waals surface area contributed by atoms with Crippen LogP contribution in [-0.2, 0) is 10.0 Å². The zero-order valence-electron chi connectivity index (χ0n) is 23.0. The van der Waals surface area contributed by atoms with Crippen LogP contribution in [0.2, 0.25) is 0 Å². The number of hydrogen-bond donors (Lipinski definition) is 1. The fourth-order valence-electron chi connectivity index (χ4n) is 8.34. The number of amides is 2. The molecule has 0 aromatic heterocycles. The molecule has 2 aliphatic heterocycles. The van der Waals surface area contributed by atoms with Gasteiger partial charge in [-0.3, -0.25) is 4.90 Å². The van der Waals surface area contributed by atoms with Crippen LogP contribution in [0.4, 0.5) is 31.9 Å². The monoisotopic (exact) mass is 567 g/mol. The van der Waals surface area contributed by atoms with Crippen LogP contribution in [0.15, 0.2) is 48.5 Å². The van der Waals surface area contributed by atoms with Gasteiger partial charge in [0.2, 0.25) is 10.0 Å². The molecule has 2 atom stereocenters. The van der Waals surface area contributed by atoms with Crippen LogP contribution in [0, 0.1) is 17.8 Å². The Bertz CT molecular complexity index is 1380. The lowest BCUT2D eigenvalue weighted by molar-refractivity contribution is -0.0899. The Kier molecular flexibility index (Phi) is 6.27. The molecule has 8 nitrogen and oxygen atoms in total. The molecule has 2 unspecified atom stereocenters. The van der Waals surface area contributed by atoms with E-state index < -0.39 is 15.7 Å². The van der Waals surface area contributed by atoms with Crippen LogP contribution in [0.1, 0.15) is 32.1 Å². The van der Waals surface area contributed by atoms with Crippen LogP contribution in [0.3, 0.4) is 0 Å². The summed E-state index contributed by atoms with van der Waals surface area (Å²) >= 11 is 0. The van der Waals surface area contributed by atoms with Crippen LogP contribution in [-0.4, -0.2) is 76.0 Å². The largest absolute Gasteiger partial charge is 0.369 e. The van der Waals surface area contributed by atoms with Gasteiger partial charge in [-0.1, -0.05) is 12.1 Å². The first-order chi connectivity index (χ1) is 19.2. The molecule has 2 heterocycles. The highest BCUT2D eigenvalue weighted by atomic mass is 32.2. The van der Waals surface area contributed by atoms with Crippen molar-refractivity contribution >= 4 is 38.8 Å². The summed E-state index contributed by atoms with van der Waals surface area (Å²) in [5.41, 5.74) is 3.01. The highest BCUT2D eigenvalue weighted by molar-refractivity contribution is 7.88. The number of rotatable bonds is 4. The third-order valence-corrected chi connectivity index (χ3v) is 11.3. The first kappa shape index (κ1) is 26.1. The molecule has 214 valence electrons. The van der Waals surface area contributed by atoms with Crippen LogP contribution in [0.25, 0.3) is 0 Å². The maximum Gasteiger partial charge on any atom is 0.322 e. The number of para-hydroxylation sites is 2. The van der Waals surface area contributed by atoms with Gasteiger partial charge in [-0.05, 0) is 86.3 Å². The summed E-state index contributed by atoms with van der Waals surface area (Å²) < 4.78 is 40.4. The number of piperazine rings is 1. The number of urea groups is 1. The van der Waals surface area contributed by atoms with Crippen molar-refractivity contribution in [3.05, 3.63) is 48.5 Å². The molecule has 4 aliphatic carbocycles. The van der Waals surface area contributed by atoms with E-state index in [2.05, 4.69) is 45.4 Å². The molecule has 2 amide bonds. The molecule has 1 N–H and O–H groups in total. The minimum atomic E-state index is -3.15. The number of fused-ring (bicyclic) bond motifs is 1. The van der Waals surface area contributed by atoms with Gasteiger partial charge >= 0.3 is 6.03 Å². The van der Waals surface area contributed by atoms with E-state index in [1.54, 1.807) is 0 Å². The summed E-state index contributed by atoms with van der Waals surface area (Å²) in [7, 11) is -3.15. The van der Waals surface area contributed by atoms with E-state index in [0.717, 1.165) is 42.0 Å². The Morgan fingerprint density at radius 2 is 1.48 bits per heavy atom. The predicted octanol–water partition coefficient (Wildman–Crippen LogP) is 4.35. The van der Waals surface area contributed by atoms with Gasteiger partial charge in [0, 0.05) is 56.7 Å². The van der Waals surface area contributed by atoms with Crippen LogP contribution in [0.5, 0.6) is 0 Å². The van der Waals surface area contributed by atoms with E-state index in [9.17, 15) is 13.2 Å². The van der Waals surface area contributed by atoms with E-state index in [4.69, 9.17) is 0 Å². The summed E-state index contributed by atoms with van der Waals surface area (Å²) in [5.74, 6) is 0.998. The molecule has 0 radical (unpaired) electrons. The van der Waals surface area contributed by atoms with Crippen molar-refractivity contribution in [2.24, 2.45) is 17.8 Å². The van der Waals surface area contributed by atoms with Crippen molar-refractivity contribution in [3.8, 4) is 0 Å². The van der Waals surface area contributed by atoms with Crippen molar-refractivity contribution in [2.45, 2.75) is 43.8 Å². The quantitative estimate of drug-likeness (QED) is 0.595. The molecule has 10 heteroatoms. The smallest absolute Gasteiger partial charge is 0.322 e. The van der Waals surface area contributed by atoms with E-state index in [-0.39, 0.29) is 23.9 Å². The molecule has 0 spiro atoms. The second-order valence-corrected chi connectivity index (χ2v) is 14.5. The molecule has 6 aliphatic rings. The van der Waals surface area contributed by atoms with Gasteiger partial charge in [0.1, 0.15) is 5.67 Å². The van der Waals surface area contributed by atoms with E-state index in [1.165, 1.54) is 10.6 Å². The fourth-order valence-corrected chi connectivity index (χ4v) is 9.17. The average Bonchev–Trinajstić information content (AvgIpc) is 2.93. The molecule has 1 saturated heterocycles. The standard InChI is InChI=1S/C30H38FN5O3S/c1-40(38,39)34-12-10-33(11-13-34)24-6-8-25(9-7-24)35-14-15-36(27-5-3-2-4-26(27)35)29(37)32-28-22-16-21-17-23(28)20-30(31,18-21)19-22/h2-9,21-23,28H,10-20H2,1H3,(H,32,37)/t21?,22?,23?,28-,30+. The minimum absolute atomic E-state index is 0.0685. The highest BCUT2D eigenvalue weighted by Crippen LogP contribution is 2.57. The number of sulfonamides is 1. The topological polar surface area (TPSA) is 76.2 Å². The Morgan fingerprint density at radius 3 is 2.10 bits per heavy atom. The van der Waals surface area contributed by atoms with E-state index in [0.29, 0.717) is 58.0 Å². The number of anilines is 4. The van der Waals surface area contributed by atoms with Crippen molar-refractivity contribution in [1.29, 1.82) is 0 Å². The van der Waals surface area contributed by atoms with E-state index >= 15 is 4.39 Å². The summed E-state index contributed by atoms with van der Waals surface area (Å²) in [5, 5.41) is 3.36. The summed E-state index contributed by atoms with van der Waals surface area (Å²) in [6, 6.07) is 16.4. The lowest BCUT2D eigenvalue weighted by atomic mass is 9.53. The molecule has 4 saturated carbocycles. The highest BCUT2D eigenvalue weighted by Gasteiger charge is 2.56. The van der Waals surface area contributed by atoms with Gasteiger partial charge < -0.3 is 15.1 Å². The molecule has 2 aromatic carbocycles. The van der Waals surface area contributed by atoms with Crippen molar-refractivity contribution < 1.29 is 17.6 Å². The third kappa shape index (κ3) is 4.62. The molecule has 4 bridgehead atoms. The molecular formula is C30H38FN5O3S. The zero-order chi connectivity index (χ0) is 27.6. The van der Waals surface area contributed by atoms with Gasteiger partial charge in [-0.2, -0.15) is 4.31 Å². The Labute approximate surface area is 236 Å². The lowest BCUT2D eigenvalue weighted by Gasteiger charge is -2.57. The lowest BCUT2D eigenvalue weighted by Crippen LogP contribution is -2.62.